The summed E-state index contributed by atoms with van der Waals surface area (Å²) < 4.78 is 1.88. The van der Waals surface area contributed by atoms with E-state index in [4.69, 9.17) is 22.4 Å². The molecule has 8 heteroatoms. The molecule has 4 N–H and O–H groups in total. The number of carbonyl (C=O) groups is 1. The smallest absolute Gasteiger partial charge is 0.404 e. The van der Waals surface area contributed by atoms with Crippen molar-refractivity contribution in [3.8, 4) is 0 Å². The lowest BCUT2D eigenvalue weighted by molar-refractivity contribution is 0.194. The molecule has 0 saturated carbocycles. The van der Waals surface area contributed by atoms with Gasteiger partial charge in [-0.1, -0.05) is 11.6 Å². The number of unbranched alkanes of at least 4 members (excludes halogenated alkanes) is 1. The number of hydrogen-bond donors (Lipinski definition) is 3. The quantitative estimate of drug-likeness (QED) is 0.561. The number of aromatic nitrogens is 3. The summed E-state index contributed by atoms with van der Waals surface area (Å²) in [6.07, 6.45) is 3.10. The molecule has 1 amide bonds. The minimum atomic E-state index is -0.995. The number of amides is 1. The molecule has 0 radical (unpaired) electrons. The zero-order valence-electron chi connectivity index (χ0n) is 11.7. The molecule has 2 aromatic rings. The largest absolute Gasteiger partial charge is 0.465 e. The van der Waals surface area contributed by atoms with Crippen LogP contribution in [0.4, 0.5) is 10.7 Å². The Labute approximate surface area is 127 Å². The highest BCUT2D eigenvalue weighted by Gasteiger charge is 2.16. The van der Waals surface area contributed by atoms with Crippen LogP contribution in [0.15, 0.2) is 12.3 Å². The molecule has 0 bridgehead atoms. The van der Waals surface area contributed by atoms with Crippen LogP contribution in [0.3, 0.4) is 0 Å². The third kappa shape index (κ3) is 3.55. The second-order valence-corrected chi connectivity index (χ2v) is 5.24. The number of halogens is 1. The van der Waals surface area contributed by atoms with Crippen LogP contribution in [0.5, 0.6) is 0 Å². The van der Waals surface area contributed by atoms with Crippen molar-refractivity contribution < 1.29 is 9.90 Å². The number of carboxylic acid groups (broad SMARTS) is 1. The molecule has 0 fully saturated rings. The first kappa shape index (κ1) is 15.4. The molecule has 2 rings (SSSR count). The van der Waals surface area contributed by atoms with Gasteiger partial charge in [0.25, 0.3) is 0 Å². The maximum absolute atomic E-state index is 10.4. The third-order valence-electron chi connectivity index (χ3n) is 3.35. The molecule has 21 heavy (non-hydrogen) atoms. The average Bonchev–Trinajstić information content (AvgIpc) is 2.75. The van der Waals surface area contributed by atoms with Crippen molar-refractivity contribution in [3.63, 3.8) is 0 Å². The topological polar surface area (TPSA) is 106 Å². The highest BCUT2D eigenvalue weighted by molar-refractivity contribution is 6.33. The molecule has 114 valence electrons. The van der Waals surface area contributed by atoms with Crippen molar-refractivity contribution >= 4 is 34.7 Å². The summed E-state index contributed by atoms with van der Waals surface area (Å²) in [6.45, 7) is 2.48. The van der Waals surface area contributed by atoms with Gasteiger partial charge in [0.15, 0.2) is 5.15 Å². The lowest BCUT2D eigenvalue weighted by Gasteiger charge is -2.16. The second-order valence-electron chi connectivity index (χ2n) is 4.89. The molecule has 0 aliphatic rings. The lowest BCUT2D eigenvalue weighted by atomic mass is 10.1. The first-order chi connectivity index (χ1) is 10.0. The molecule has 2 aromatic heterocycles. The highest BCUT2D eigenvalue weighted by Crippen LogP contribution is 2.29. The zero-order chi connectivity index (χ0) is 15.4. The van der Waals surface area contributed by atoms with Crippen LogP contribution in [0.1, 0.15) is 32.2 Å². The lowest BCUT2D eigenvalue weighted by Crippen LogP contribution is -2.21. The Morgan fingerprint density at radius 3 is 3.05 bits per heavy atom. The van der Waals surface area contributed by atoms with Crippen LogP contribution in [0.2, 0.25) is 5.15 Å². The number of rotatable bonds is 6. The Hall–Kier alpha value is -2.02. The van der Waals surface area contributed by atoms with Gasteiger partial charge in [0.2, 0.25) is 5.95 Å². The van der Waals surface area contributed by atoms with E-state index in [9.17, 15) is 4.79 Å². The van der Waals surface area contributed by atoms with Crippen molar-refractivity contribution in [1.82, 2.24) is 19.9 Å². The summed E-state index contributed by atoms with van der Waals surface area (Å²) in [5.41, 5.74) is 7.44. The van der Waals surface area contributed by atoms with Crippen molar-refractivity contribution in [1.29, 1.82) is 0 Å². The first-order valence-corrected chi connectivity index (χ1v) is 7.13. The van der Waals surface area contributed by atoms with Crippen molar-refractivity contribution in [2.75, 3.05) is 12.3 Å². The van der Waals surface area contributed by atoms with Gasteiger partial charge < -0.3 is 20.7 Å². The first-order valence-electron chi connectivity index (χ1n) is 6.75. The van der Waals surface area contributed by atoms with Crippen LogP contribution in [-0.2, 0) is 0 Å². The summed E-state index contributed by atoms with van der Waals surface area (Å²) in [6, 6.07) is 1.89. The van der Waals surface area contributed by atoms with Crippen molar-refractivity contribution in [3.05, 3.63) is 17.4 Å². The molecule has 0 unspecified atom stereocenters. The number of nitrogen functional groups attached to an aromatic ring is 1. The fourth-order valence-corrected chi connectivity index (χ4v) is 2.60. The van der Waals surface area contributed by atoms with Crippen molar-refractivity contribution in [2.24, 2.45) is 0 Å². The Morgan fingerprint density at radius 1 is 1.57 bits per heavy atom. The summed E-state index contributed by atoms with van der Waals surface area (Å²) in [4.78, 5) is 18.7. The van der Waals surface area contributed by atoms with E-state index < -0.39 is 6.09 Å². The number of imidazole rings is 1. The van der Waals surface area contributed by atoms with Gasteiger partial charge in [-0.3, -0.25) is 0 Å². The standard InChI is InChI=1S/C13H18ClN5O2/c1-8(4-2-3-6-17-13(20)21)19-10-9(18-12(19)15)5-7-16-11(10)14/h5,7-8,17H,2-4,6H2,1H3,(H2,15,18)(H,20,21)/t8-/m0/s1. The predicted molar refractivity (Wildman–Crippen MR) is 81.5 cm³/mol. The van der Waals surface area contributed by atoms with Crippen molar-refractivity contribution in [2.45, 2.75) is 32.2 Å². The number of hydrogen-bond acceptors (Lipinski definition) is 4. The molecule has 0 saturated heterocycles. The summed E-state index contributed by atoms with van der Waals surface area (Å²) in [5, 5.41) is 11.2. The Bertz CT molecular complexity index is 643. The van der Waals surface area contributed by atoms with E-state index in [-0.39, 0.29) is 6.04 Å². The number of nitrogens with two attached hydrogens (primary N) is 1. The van der Waals surface area contributed by atoms with Crippen LogP contribution < -0.4 is 11.1 Å². The predicted octanol–water partition coefficient (Wildman–Crippen LogP) is 2.67. The van der Waals surface area contributed by atoms with Gasteiger partial charge in [-0.2, -0.15) is 0 Å². The molecular weight excluding hydrogens is 294 g/mol. The molecule has 7 nitrogen and oxygen atoms in total. The number of pyridine rings is 1. The molecule has 1 atom stereocenters. The Morgan fingerprint density at radius 2 is 2.33 bits per heavy atom. The van der Waals surface area contributed by atoms with Crippen LogP contribution in [0, 0.1) is 0 Å². The minimum Gasteiger partial charge on any atom is -0.465 e. The van der Waals surface area contributed by atoms with E-state index >= 15 is 0 Å². The number of nitrogens with one attached hydrogen (secondary N) is 1. The number of fused-ring (bicyclic) bond motifs is 1. The molecule has 2 heterocycles. The summed E-state index contributed by atoms with van der Waals surface area (Å²) in [5.74, 6) is 0.413. The summed E-state index contributed by atoms with van der Waals surface area (Å²) >= 11 is 6.14. The van der Waals surface area contributed by atoms with Gasteiger partial charge in [0.1, 0.15) is 5.52 Å². The fourth-order valence-electron chi connectivity index (χ4n) is 2.36. The van der Waals surface area contributed by atoms with Gasteiger partial charge in [0.05, 0.1) is 5.52 Å². The van der Waals surface area contributed by atoms with Gasteiger partial charge in [-0.15, -0.1) is 0 Å². The Balaban J connectivity index is 2.04. The van der Waals surface area contributed by atoms with E-state index in [1.54, 1.807) is 12.3 Å². The van der Waals surface area contributed by atoms with Gasteiger partial charge in [0, 0.05) is 18.8 Å². The monoisotopic (exact) mass is 311 g/mol. The van der Waals surface area contributed by atoms with E-state index in [0.29, 0.717) is 17.6 Å². The average molecular weight is 312 g/mol. The molecule has 0 aliphatic carbocycles. The number of anilines is 1. The van der Waals surface area contributed by atoms with Gasteiger partial charge >= 0.3 is 6.09 Å². The van der Waals surface area contributed by atoms with Crippen LogP contribution in [0.25, 0.3) is 11.0 Å². The SMILES string of the molecule is C[C@@H](CCCCNC(=O)O)n1c(N)nc2ccnc(Cl)c21. The summed E-state index contributed by atoms with van der Waals surface area (Å²) in [7, 11) is 0. The fraction of sp³-hybridized carbons (Fsp3) is 0.462. The van der Waals surface area contributed by atoms with Crippen LogP contribution in [-0.4, -0.2) is 32.3 Å². The molecule has 0 aromatic carbocycles. The minimum absolute atomic E-state index is 0.113. The maximum atomic E-state index is 10.4. The van der Waals surface area contributed by atoms with E-state index in [0.717, 1.165) is 30.3 Å². The maximum Gasteiger partial charge on any atom is 0.404 e. The van der Waals surface area contributed by atoms with E-state index in [1.807, 2.05) is 11.5 Å². The molecular formula is C13H18ClN5O2. The van der Waals surface area contributed by atoms with Gasteiger partial charge in [-0.25, -0.2) is 14.8 Å². The molecule has 0 spiro atoms. The second kappa shape index (κ2) is 6.62. The normalized spacial score (nSPS) is 12.5. The molecule has 0 aliphatic heterocycles. The Kier molecular flexibility index (Phi) is 4.85. The van der Waals surface area contributed by atoms with E-state index in [2.05, 4.69) is 15.3 Å². The van der Waals surface area contributed by atoms with Crippen LogP contribution >= 0.6 is 11.6 Å². The van der Waals surface area contributed by atoms with E-state index in [1.165, 1.54) is 0 Å². The highest BCUT2D eigenvalue weighted by atomic mass is 35.5. The zero-order valence-corrected chi connectivity index (χ0v) is 12.5. The third-order valence-corrected chi connectivity index (χ3v) is 3.62. The van der Waals surface area contributed by atoms with Gasteiger partial charge in [-0.05, 0) is 32.3 Å². The number of nitrogens with zero attached hydrogens (tertiary/aromatic N) is 3.